The van der Waals surface area contributed by atoms with Crippen molar-refractivity contribution < 1.29 is 13.9 Å². The SMILES string of the molecule is COc1ccc(C(=O)c2cc(Cl)ccc2F)c(C)c1. The van der Waals surface area contributed by atoms with Gasteiger partial charge < -0.3 is 4.74 Å². The van der Waals surface area contributed by atoms with Gasteiger partial charge in [0.1, 0.15) is 11.6 Å². The molecule has 0 amide bonds. The first-order chi connectivity index (χ1) is 9.02. The molecule has 0 N–H and O–H groups in total. The summed E-state index contributed by atoms with van der Waals surface area (Å²) in [5, 5.41) is 0.330. The summed E-state index contributed by atoms with van der Waals surface area (Å²) in [5.41, 5.74) is 1.13. The zero-order chi connectivity index (χ0) is 14.0. The number of ketones is 1. The van der Waals surface area contributed by atoms with Crippen LogP contribution >= 0.6 is 11.6 Å². The molecule has 0 radical (unpaired) electrons. The minimum Gasteiger partial charge on any atom is -0.497 e. The van der Waals surface area contributed by atoms with E-state index in [-0.39, 0.29) is 11.3 Å². The Bertz CT molecular complexity index is 638. The third kappa shape index (κ3) is 2.76. The average Bonchev–Trinajstić information content (AvgIpc) is 2.40. The third-order valence-corrected chi connectivity index (χ3v) is 3.09. The van der Waals surface area contributed by atoms with E-state index in [0.29, 0.717) is 16.3 Å². The van der Waals surface area contributed by atoms with Gasteiger partial charge in [0.2, 0.25) is 0 Å². The van der Waals surface area contributed by atoms with Gasteiger partial charge in [0.15, 0.2) is 5.78 Å². The monoisotopic (exact) mass is 278 g/mol. The van der Waals surface area contributed by atoms with E-state index in [1.54, 1.807) is 32.2 Å². The van der Waals surface area contributed by atoms with E-state index in [0.717, 1.165) is 5.56 Å². The van der Waals surface area contributed by atoms with E-state index in [9.17, 15) is 9.18 Å². The normalized spacial score (nSPS) is 10.3. The van der Waals surface area contributed by atoms with E-state index in [4.69, 9.17) is 16.3 Å². The van der Waals surface area contributed by atoms with Gasteiger partial charge >= 0.3 is 0 Å². The first kappa shape index (κ1) is 13.6. The molecule has 0 heterocycles. The van der Waals surface area contributed by atoms with Crippen molar-refractivity contribution in [2.45, 2.75) is 6.92 Å². The van der Waals surface area contributed by atoms with Gasteiger partial charge in [-0.1, -0.05) is 11.6 Å². The first-order valence-electron chi connectivity index (χ1n) is 5.67. The van der Waals surface area contributed by atoms with Crippen LogP contribution in [0.25, 0.3) is 0 Å². The van der Waals surface area contributed by atoms with Crippen molar-refractivity contribution in [3.05, 3.63) is 63.9 Å². The maximum absolute atomic E-state index is 13.7. The summed E-state index contributed by atoms with van der Waals surface area (Å²) in [7, 11) is 1.55. The quantitative estimate of drug-likeness (QED) is 0.793. The summed E-state index contributed by atoms with van der Waals surface area (Å²) in [6.45, 7) is 1.78. The molecule has 0 aliphatic carbocycles. The van der Waals surface area contributed by atoms with Crippen LogP contribution in [-0.4, -0.2) is 12.9 Å². The number of rotatable bonds is 3. The lowest BCUT2D eigenvalue weighted by molar-refractivity contribution is 0.103. The second kappa shape index (κ2) is 5.41. The van der Waals surface area contributed by atoms with Gasteiger partial charge in [0.25, 0.3) is 0 Å². The predicted molar refractivity (Wildman–Crippen MR) is 72.6 cm³/mol. The molecule has 0 aliphatic rings. The zero-order valence-corrected chi connectivity index (χ0v) is 11.3. The smallest absolute Gasteiger partial charge is 0.196 e. The van der Waals surface area contributed by atoms with E-state index < -0.39 is 5.82 Å². The summed E-state index contributed by atoms with van der Waals surface area (Å²) < 4.78 is 18.8. The van der Waals surface area contributed by atoms with Crippen molar-refractivity contribution in [3.63, 3.8) is 0 Å². The van der Waals surface area contributed by atoms with Crippen LogP contribution in [0.1, 0.15) is 21.5 Å². The minimum absolute atomic E-state index is 0.0271. The summed E-state index contributed by atoms with van der Waals surface area (Å²) in [4.78, 5) is 12.3. The lowest BCUT2D eigenvalue weighted by atomic mass is 9.98. The van der Waals surface area contributed by atoms with E-state index in [1.807, 2.05) is 0 Å². The van der Waals surface area contributed by atoms with Crippen molar-refractivity contribution in [2.24, 2.45) is 0 Å². The fourth-order valence-corrected chi connectivity index (χ4v) is 2.01. The molecule has 0 atom stereocenters. The highest BCUT2D eigenvalue weighted by Crippen LogP contribution is 2.22. The lowest BCUT2D eigenvalue weighted by Gasteiger charge is -2.08. The van der Waals surface area contributed by atoms with Gasteiger partial charge in [0.05, 0.1) is 12.7 Å². The Morgan fingerprint density at radius 1 is 1.16 bits per heavy atom. The second-order valence-electron chi connectivity index (χ2n) is 4.13. The largest absolute Gasteiger partial charge is 0.497 e. The Hall–Kier alpha value is -1.87. The van der Waals surface area contributed by atoms with Crippen molar-refractivity contribution in [1.29, 1.82) is 0 Å². The standard InChI is InChI=1S/C15H12ClFO2/c1-9-7-11(19-2)4-5-12(9)15(18)13-8-10(16)3-6-14(13)17/h3-8H,1-2H3. The predicted octanol–water partition coefficient (Wildman–Crippen LogP) is 4.03. The van der Waals surface area contributed by atoms with Crippen molar-refractivity contribution in [2.75, 3.05) is 7.11 Å². The molecule has 2 aromatic carbocycles. The van der Waals surface area contributed by atoms with Gasteiger partial charge in [-0.2, -0.15) is 0 Å². The second-order valence-corrected chi connectivity index (χ2v) is 4.57. The highest BCUT2D eigenvalue weighted by molar-refractivity contribution is 6.31. The van der Waals surface area contributed by atoms with Crippen LogP contribution in [0.2, 0.25) is 5.02 Å². The average molecular weight is 279 g/mol. The van der Waals surface area contributed by atoms with Gasteiger partial charge in [0, 0.05) is 10.6 Å². The Kier molecular flexibility index (Phi) is 3.86. The molecule has 0 unspecified atom stereocenters. The molecule has 4 heteroatoms. The molecule has 2 rings (SSSR count). The Labute approximate surface area is 115 Å². The summed E-state index contributed by atoms with van der Waals surface area (Å²) >= 11 is 5.80. The molecule has 0 bridgehead atoms. The van der Waals surface area contributed by atoms with Crippen molar-refractivity contribution in [1.82, 2.24) is 0 Å². The summed E-state index contributed by atoms with van der Waals surface area (Å²) in [5.74, 6) is -0.314. The van der Waals surface area contributed by atoms with Gasteiger partial charge in [-0.05, 0) is 48.9 Å². The number of aryl methyl sites for hydroxylation is 1. The number of hydrogen-bond acceptors (Lipinski definition) is 2. The Morgan fingerprint density at radius 2 is 1.89 bits per heavy atom. The maximum atomic E-state index is 13.7. The van der Waals surface area contributed by atoms with Crippen LogP contribution in [0, 0.1) is 12.7 Å². The Balaban J connectivity index is 2.47. The highest BCUT2D eigenvalue weighted by Gasteiger charge is 2.16. The van der Waals surface area contributed by atoms with Crippen LogP contribution in [0.15, 0.2) is 36.4 Å². The highest BCUT2D eigenvalue weighted by atomic mass is 35.5. The molecule has 0 aliphatic heterocycles. The third-order valence-electron chi connectivity index (χ3n) is 2.85. The molecule has 2 nitrogen and oxygen atoms in total. The van der Waals surface area contributed by atoms with Gasteiger partial charge in [-0.15, -0.1) is 0 Å². The van der Waals surface area contributed by atoms with Crippen LogP contribution < -0.4 is 4.74 Å². The number of hydrogen-bond donors (Lipinski definition) is 0. The number of carbonyl (C=O) groups is 1. The molecule has 0 fully saturated rings. The van der Waals surface area contributed by atoms with Crippen LogP contribution in [-0.2, 0) is 0 Å². The van der Waals surface area contributed by atoms with Crippen LogP contribution in [0.5, 0.6) is 5.75 Å². The molecule has 0 saturated carbocycles. The lowest BCUT2D eigenvalue weighted by Crippen LogP contribution is -2.06. The summed E-state index contributed by atoms with van der Waals surface area (Å²) in [6, 6.07) is 8.96. The fourth-order valence-electron chi connectivity index (χ4n) is 1.83. The molecule has 98 valence electrons. The molecular weight excluding hydrogens is 267 g/mol. The van der Waals surface area contributed by atoms with E-state index >= 15 is 0 Å². The molecule has 0 saturated heterocycles. The number of ether oxygens (including phenoxy) is 1. The van der Waals surface area contributed by atoms with E-state index in [2.05, 4.69) is 0 Å². The first-order valence-corrected chi connectivity index (χ1v) is 6.05. The number of methoxy groups -OCH3 is 1. The van der Waals surface area contributed by atoms with Crippen molar-refractivity contribution in [3.8, 4) is 5.75 Å². The molecule has 0 spiro atoms. The molecule has 2 aromatic rings. The topological polar surface area (TPSA) is 26.3 Å². The minimum atomic E-state index is -0.579. The van der Waals surface area contributed by atoms with Crippen LogP contribution in [0.3, 0.4) is 0 Å². The van der Waals surface area contributed by atoms with Gasteiger partial charge in [-0.3, -0.25) is 4.79 Å². The van der Waals surface area contributed by atoms with Crippen LogP contribution in [0.4, 0.5) is 4.39 Å². The molecule has 19 heavy (non-hydrogen) atoms. The fraction of sp³-hybridized carbons (Fsp3) is 0.133. The van der Waals surface area contributed by atoms with E-state index in [1.165, 1.54) is 18.2 Å². The Morgan fingerprint density at radius 3 is 2.53 bits per heavy atom. The maximum Gasteiger partial charge on any atom is 0.196 e. The molecular formula is C15H12ClFO2. The van der Waals surface area contributed by atoms with Gasteiger partial charge in [-0.25, -0.2) is 4.39 Å². The number of carbonyl (C=O) groups excluding carboxylic acids is 1. The van der Waals surface area contributed by atoms with Crippen molar-refractivity contribution >= 4 is 17.4 Å². The number of benzene rings is 2. The zero-order valence-electron chi connectivity index (χ0n) is 10.5. The molecule has 0 aromatic heterocycles. The number of halogens is 2. The summed E-state index contributed by atoms with van der Waals surface area (Å²) in [6.07, 6.45) is 0.